The molecule has 0 unspecified atom stereocenters. The van der Waals surface area contributed by atoms with Crippen LogP contribution in [0.5, 0.6) is 11.6 Å². The van der Waals surface area contributed by atoms with E-state index in [0.717, 1.165) is 5.56 Å². The molecule has 4 aromatic rings. The second kappa shape index (κ2) is 9.16. The van der Waals surface area contributed by atoms with Crippen molar-refractivity contribution < 1.29 is 9.84 Å². The van der Waals surface area contributed by atoms with Crippen molar-refractivity contribution in [3.8, 4) is 34.6 Å². The minimum Gasteiger partial charge on any atom is -0.437 e. The standard InChI is InChI=1S/C23H19ClN6O2/c1-14-28-19(17-4-2-3-5-18(17)24)9-23(29-14)32-22-8-15(10-25)6-7-20(22)30-13-16(12-27-30)21(31)11-26/h2-9,12-13,21,31H,11,26H2,1H3/t21-/m0/s1. The van der Waals surface area contributed by atoms with Gasteiger partial charge in [0, 0.05) is 41.0 Å². The molecule has 0 saturated carbocycles. The van der Waals surface area contributed by atoms with Crippen molar-refractivity contribution in [1.82, 2.24) is 19.7 Å². The van der Waals surface area contributed by atoms with E-state index in [2.05, 4.69) is 21.1 Å². The van der Waals surface area contributed by atoms with E-state index in [1.165, 1.54) is 6.20 Å². The van der Waals surface area contributed by atoms with Gasteiger partial charge in [-0.2, -0.15) is 15.3 Å². The Morgan fingerprint density at radius 1 is 1.22 bits per heavy atom. The number of nitriles is 1. The predicted molar refractivity (Wildman–Crippen MR) is 120 cm³/mol. The van der Waals surface area contributed by atoms with Gasteiger partial charge in [0.1, 0.15) is 11.5 Å². The highest BCUT2D eigenvalue weighted by Crippen LogP contribution is 2.32. The molecule has 0 aliphatic carbocycles. The molecule has 2 aromatic heterocycles. The highest BCUT2D eigenvalue weighted by Gasteiger charge is 2.15. The lowest BCUT2D eigenvalue weighted by atomic mass is 10.1. The molecule has 0 bridgehead atoms. The van der Waals surface area contributed by atoms with E-state index in [9.17, 15) is 10.4 Å². The zero-order valence-electron chi connectivity index (χ0n) is 17.1. The first-order chi connectivity index (χ1) is 15.5. The predicted octanol–water partition coefficient (Wildman–Crippen LogP) is 3.95. The lowest BCUT2D eigenvalue weighted by molar-refractivity contribution is 0.186. The molecule has 0 amide bonds. The summed E-state index contributed by atoms with van der Waals surface area (Å²) in [6.45, 7) is 1.83. The highest BCUT2D eigenvalue weighted by atomic mass is 35.5. The number of nitrogens with two attached hydrogens (primary N) is 1. The van der Waals surface area contributed by atoms with Crippen molar-refractivity contribution >= 4 is 11.6 Å². The van der Waals surface area contributed by atoms with Crippen LogP contribution >= 0.6 is 11.6 Å². The van der Waals surface area contributed by atoms with E-state index < -0.39 is 6.10 Å². The van der Waals surface area contributed by atoms with Gasteiger partial charge in [-0.15, -0.1) is 0 Å². The van der Waals surface area contributed by atoms with Gasteiger partial charge in [0.15, 0.2) is 5.75 Å². The van der Waals surface area contributed by atoms with Crippen LogP contribution in [0.2, 0.25) is 5.02 Å². The summed E-state index contributed by atoms with van der Waals surface area (Å²) in [5, 5.41) is 24.2. The molecule has 9 heteroatoms. The Kier molecular flexibility index (Phi) is 6.14. The molecular weight excluding hydrogens is 428 g/mol. The van der Waals surface area contributed by atoms with Crippen LogP contribution in [0.3, 0.4) is 0 Å². The van der Waals surface area contributed by atoms with E-state index in [0.29, 0.717) is 39.1 Å². The summed E-state index contributed by atoms with van der Waals surface area (Å²) in [7, 11) is 0. The number of aromatic nitrogens is 4. The number of nitrogens with zero attached hydrogens (tertiary/aromatic N) is 5. The molecule has 2 heterocycles. The summed E-state index contributed by atoms with van der Waals surface area (Å²) in [6.07, 6.45) is 2.37. The summed E-state index contributed by atoms with van der Waals surface area (Å²) in [5.74, 6) is 1.16. The molecule has 0 fully saturated rings. The number of aliphatic hydroxyl groups is 1. The molecule has 0 saturated heterocycles. The van der Waals surface area contributed by atoms with Gasteiger partial charge in [-0.25, -0.2) is 9.67 Å². The fourth-order valence-electron chi connectivity index (χ4n) is 3.14. The molecule has 0 radical (unpaired) electrons. The topological polar surface area (TPSA) is 123 Å². The molecular formula is C23H19ClN6O2. The maximum atomic E-state index is 9.99. The minimum absolute atomic E-state index is 0.0768. The van der Waals surface area contributed by atoms with Gasteiger partial charge in [-0.3, -0.25) is 0 Å². The smallest absolute Gasteiger partial charge is 0.223 e. The monoisotopic (exact) mass is 446 g/mol. The number of benzene rings is 2. The molecule has 8 nitrogen and oxygen atoms in total. The van der Waals surface area contributed by atoms with Gasteiger partial charge in [-0.1, -0.05) is 29.8 Å². The number of rotatable bonds is 6. The number of aliphatic hydroxyl groups excluding tert-OH is 1. The zero-order chi connectivity index (χ0) is 22.7. The van der Waals surface area contributed by atoms with Crippen LogP contribution in [0, 0.1) is 18.3 Å². The van der Waals surface area contributed by atoms with E-state index in [1.807, 2.05) is 18.2 Å². The molecule has 1 atom stereocenters. The van der Waals surface area contributed by atoms with Crippen LogP contribution in [0.25, 0.3) is 16.9 Å². The van der Waals surface area contributed by atoms with E-state index in [-0.39, 0.29) is 12.4 Å². The van der Waals surface area contributed by atoms with E-state index >= 15 is 0 Å². The maximum Gasteiger partial charge on any atom is 0.223 e. The van der Waals surface area contributed by atoms with Crippen molar-refractivity contribution in [1.29, 1.82) is 5.26 Å². The highest BCUT2D eigenvalue weighted by molar-refractivity contribution is 6.33. The third-order valence-electron chi connectivity index (χ3n) is 4.73. The second-order valence-corrected chi connectivity index (χ2v) is 7.39. The van der Waals surface area contributed by atoms with Crippen LogP contribution in [-0.4, -0.2) is 31.4 Å². The first kappa shape index (κ1) is 21.5. The van der Waals surface area contributed by atoms with Crippen molar-refractivity contribution in [2.24, 2.45) is 5.73 Å². The van der Waals surface area contributed by atoms with E-state index in [4.69, 9.17) is 22.1 Å². The summed E-state index contributed by atoms with van der Waals surface area (Å²) in [5.41, 5.74) is 8.45. The Labute approximate surface area is 189 Å². The Morgan fingerprint density at radius 2 is 2.03 bits per heavy atom. The van der Waals surface area contributed by atoms with Crippen LogP contribution < -0.4 is 10.5 Å². The van der Waals surface area contributed by atoms with Crippen LogP contribution in [0.1, 0.15) is 23.1 Å². The third-order valence-corrected chi connectivity index (χ3v) is 5.05. The van der Waals surface area contributed by atoms with Crippen LogP contribution in [0.4, 0.5) is 0 Å². The summed E-state index contributed by atoms with van der Waals surface area (Å²) in [6, 6.07) is 16.1. The third kappa shape index (κ3) is 4.45. The fourth-order valence-corrected chi connectivity index (χ4v) is 3.38. The van der Waals surface area contributed by atoms with Gasteiger partial charge in [0.25, 0.3) is 0 Å². The number of ether oxygens (including phenoxy) is 1. The average Bonchev–Trinajstić information content (AvgIpc) is 3.28. The van der Waals surface area contributed by atoms with Crippen molar-refractivity contribution in [3.05, 3.63) is 82.9 Å². The summed E-state index contributed by atoms with van der Waals surface area (Å²) < 4.78 is 7.64. The normalized spacial score (nSPS) is 11.7. The maximum absolute atomic E-state index is 9.99. The van der Waals surface area contributed by atoms with Crippen molar-refractivity contribution in [2.45, 2.75) is 13.0 Å². The molecule has 3 N–H and O–H groups in total. The largest absolute Gasteiger partial charge is 0.437 e. The van der Waals surface area contributed by atoms with Gasteiger partial charge in [0.05, 0.1) is 29.6 Å². The summed E-state index contributed by atoms with van der Waals surface area (Å²) in [4.78, 5) is 8.84. The Hall–Kier alpha value is -3.77. The molecule has 2 aromatic carbocycles. The Morgan fingerprint density at radius 3 is 2.78 bits per heavy atom. The zero-order valence-corrected chi connectivity index (χ0v) is 17.9. The first-order valence-electron chi connectivity index (χ1n) is 9.74. The van der Waals surface area contributed by atoms with Gasteiger partial charge in [-0.05, 0) is 25.1 Å². The molecule has 160 valence electrons. The van der Waals surface area contributed by atoms with Crippen LogP contribution in [-0.2, 0) is 0 Å². The molecule has 32 heavy (non-hydrogen) atoms. The Bertz CT molecular complexity index is 1310. The molecule has 0 spiro atoms. The van der Waals surface area contributed by atoms with Crippen molar-refractivity contribution in [2.75, 3.05) is 6.54 Å². The van der Waals surface area contributed by atoms with Crippen molar-refractivity contribution in [3.63, 3.8) is 0 Å². The minimum atomic E-state index is -0.825. The fraction of sp³-hybridized carbons (Fsp3) is 0.130. The number of hydrogen-bond donors (Lipinski definition) is 2. The quantitative estimate of drug-likeness (QED) is 0.459. The lowest BCUT2D eigenvalue weighted by Gasteiger charge is -2.13. The SMILES string of the molecule is Cc1nc(Oc2cc(C#N)ccc2-n2cc([C@@H](O)CN)cn2)cc(-c2ccccc2Cl)n1. The second-order valence-electron chi connectivity index (χ2n) is 6.98. The van der Waals surface area contributed by atoms with E-state index in [1.54, 1.807) is 48.1 Å². The lowest BCUT2D eigenvalue weighted by Crippen LogP contribution is -2.10. The molecule has 0 aliphatic rings. The number of aryl methyl sites for hydroxylation is 1. The molecule has 4 rings (SSSR count). The van der Waals surface area contributed by atoms with Gasteiger partial charge < -0.3 is 15.6 Å². The first-order valence-corrected chi connectivity index (χ1v) is 10.1. The number of hydrogen-bond acceptors (Lipinski definition) is 7. The van der Waals surface area contributed by atoms with Crippen LogP contribution in [0.15, 0.2) is 60.9 Å². The average molecular weight is 447 g/mol. The van der Waals surface area contributed by atoms with Gasteiger partial charge >= 0.3 is 0 Å². The number of halogens is 1. The summed E-state index contributed by atoms with van der Waals surface area (Å²) >= 11 is 6.33. The molecule has 0 aliphatic heterocycles. The Balaban J connectivity index is 1.75. The van der Waals surface area contributed by atoms with Gasteiger partial charge in [0.2, 0.25) is 5.88 Å².